The fourth-order valence-corrected chi connectivity index (χ4v) is 2.30. The van der Waals surface area contributed by atoms with E-state index in [0.29, 0.717) is 0 Å². The van der Waals surface area contributed by atoms with Gasteiger partial charge in [0, 0.05) is 35.9 Å². The Labute approximate surface area is 102 Å². The van der Waals surface area contributed by atoms with Crippen molar-refractivity contribution in [1.29, 1.82) is 0 Å². The Hall–Kier alpha value is -2.14. The van der Waals surface area contributed by atoms with Gasteiger partial charge in [-0.2, -0.15) is 0 Å². The molecule has 0 aliphatic carbocycles. The summed E-state index contributed by atoms with van der Waals surface area (Å²) in [6, 6.07) is 7.71. The summed E-state index contributed by atoms with van der Waals surface area (Å²) in [5.41, 5.74) is 2.08. The molecule has 3 aromatic heterocycles. The van der Waals surface area contributed by atoms with Crippen LogP contribution in [-0.4, -0.2) is 20.2 Å². The standard InChI is InChI=1S/C12H8N4S/c1-5-13-6-2-9(1)11-15-16-12(17-11)10-3-7-14-8-4-10/h1-8H. The van der Waals surface area contributed by atoms with E-state index in [2.05, 4.69) is 20.2 Å². The number of rotatable bonds is 2. The second-order valence-corrected chi connectivity index (χ2v) is 4.36. The van der Waals surface area contributed by atoms with Gasteiger partial charge in [0.05, 0.1) is 0 Å². The number of hydrogen-bond acceptors (Lipinski definition) is 5. The van der Waals surface area contributed by atoms with Gasteiger partial charge in [-0.3, -0.25) is 9.97 Å². The number of pyridine rings is 2. The highest BCUT2D eigenvalue weighted by Gasteiger charge is 2.07. The molecule has 17 heavy (non-hydrogen) atoms. The van der Waals surface area contributed by atoms with Crippen LogP contribution >= 0.6 is 11.3 Å². The molecule has 5 heteroatoms. The zero-order valence-corrected chi connectivity index (χ0v) is 9.63. The second kappa shape index (κ2) is 4.39. The van der Waals surface area contributed by atoms with Crippen molar-refractivity contribution < 1.29 is 0 Å². The summed E-state index contributed by atoms with van der Waals surface area (Å²) >= 11 is 1.56. The Kier molecular flexibility index (Phi) is 2.59. The van der Waals surface area contributed by atoms with Crippen molar-refractivity contribution >= 4 is 11.3 Å². The monoisotopic (exact) mass is 240 g/mol. The van der Waals surface area contributed by atoms with Crippen LogP contribution in [0.3, 0.4) is 0 Å². The van der Waals surface area contributed by atoms with Gasteiger partial charge in [0.2, 0.25) is 0 Å². The first-order valence-corrected chi connectivity index (χ1v) is 5.89. The third-order valence-electron chi connectivity index (χ3n) is 2.28. The van der Waals surface area contributed by atoms with E-state index in [1.165, 1.54) is 0 Å². The van der Waals surface area contributed by atoms with Gasteiger partial charge in [-0.1, -0.05) is 11.3 Å². The first-order valence-electron chi connectivity index (χ1n) is 5.08. The third kappa shape index (κ3) is 2.05. The fourth-order valence-electron chi connectivity index (χ4n) is 1.45. The molecule has 0 unspecified atom stereocenters. The van der Waals surface area contributed by atoms with E-state index in [9.17, 15) is 0 Å². The van der Waals surface area contributed by atoms with Crippen LogP contribution in [0.25, 0.3) is 21.1 Å². The van der Waals surface area contributed by atoms with Gasteiger partial charge in [0.15, 0.2) is 0 Å². The lowest BCUT2D eigenvalue weighted by Gasteiger charge is -1.92. The van der Waals surface area contributed by atoms with Crippen molar-refractivity contribution in [3.05, 3.63) is 49.1 Å². The van der Waals surface area contributed by atoms with Gasteiger partial charge >= 0.3 is 0 Å². The quantitative estimate of drug-likeness (QED) is 0.691. The minimum Gasteiger partial charge on any atom is -0.265 e. The molecule has 3 rings (SSSR count). The average Bonchev–Trinajstić information content (AvgIpc) is 2.90. The summed E-state index contributed by atoms with van der Waals surface area (Å²) < 4.78 is 0. The summed E-state index contributed by atoms with van der Waals surface area (Å²) in [6.45, 7) is 0. The third-order valence-corrected chi connectivity index (χ3v) is 3.30. The van der Waals surface area contributed by atoms with Crippen LogP contribution in [0.15, 0.2) is 49.1 Å². The van der Waals surface area contributed by atoms with Crippen LogP contribution in [0.1, 0.15) is 0 Å². The molecule has 0 saturated carbocycles. The minimum absolute atomic E-state index is 0.902. The van der Waals surface area contributed by atoms with E-state index in [4.69, 9.17) is 0 Å². The zero-order chi connectivity index (χ0) is 11.5. The Balaban J connectivity index is 1.99. The zero-order valence-electron chi connectivity index (χ0n) is 8.82. The van der Waals surface area contributed by atoms with Gasteiger partial charge in [-0.25, -0.2) is 0 Å². The maximum atomic E-state index is 4.18. The normalized spacial score (nSPS) is 10.4. The molecular weight excluding hydrogens is 232 g/mol. The summed E-state index contributed by atoms with van der Waals surface area (Å²) in [7, 11) is 0. The molecule has 0 radical (unpaired) electrons. The van der Waals surface area contributed by atoms with E-state index in [1.807, 2.05) is 24.3 Å². The molecule has 0 aliphatic rings. The Morgan fingerprint density at radius 1 is 0.647 bits per heavy atom. The summed E-state index contributed by atoms with van der Waals surface area (Å²) in [5, 5.41) is 10.2. The smallest absolute Gasteiger partial charge is 0.148 e. The van der Waals surface area contributed by atoms with Gasteiger partial charge in [-0.05, 0) is 24.3 Å². The summed E-state index contributed by atoms with van der Waals surface area (Å²) in [5.74, 6) is 0. The van der Waals surface area contributed by atoms with Gasteiger partial charge in [-0.15, -0.1) is 10.2 Å². The molecule has 82 valence electrons. The highest BCUT2D eigenvalue weighted by Crippen LogP contribution is 2.28. The predicted molar refractivity (Wildman–Crippen MR) is 66.4 cm³/mol. The molecule has 3 aromatic rings. The van der Waals surface area contributed by atoms with Crippen molar-refractivity contribution in [2.75, 3.05) is 0 Å². The number of nitrogens with zero attached hydrogens (tertiary/aromatic N) is 4. The molecule has 0 saturated heterocycles. The molecule has 0 bridgehead atoms. The van der Waals surface area contributed by atoms with Crippen molar-refractivity contribution in [2.24, 2.45) is 0 Å². The molecular formula is C12H8N4S. The Morgan fingerprint density at radius 3 is 1.47 bits per heavy atom. The lowest BCUT2D eigenvalue weighted by Crippen LogP contribution is -1.77. The second-order valence-electron chi connectivity index (χ2n) is 3.38. The van der Waals surface area contributed by atoms with Crippen LogP contribution < -0.4 is 0 Å². The number of hydrogen-bond donors (Lipinski definition) is 0. The minimum atomic E-state index is 0.902. The Morgan fingerprint density at radius 2 is 1.06 bits per heavy atom. The van der Waals surface area contributed by atoms with E-state index in [-0.39, 0.29) is 0 Å². The fraction of sp³-hybridized carbons (Fsp3) is 0. The van der Waals surface area contributed by atoms with Crippen LogP contribution in [-0.2, 0) is 0 Å². The van der Waals surface area contributed by atoms with Crippen LogP contribution in [0.4, 0.5) is 0 Å². The van der Waals surface area contributed by atoms with E-state index in [0.717, 1.165) is 21.1 Å². The van der Waals surface area contributed by atoms with Crippen molar-refractivity contribution in [1.82, 2.24) is 20.2 Å². The molecule has 0 aromatic carbocycles. The number of aromatic nitrogens is 4. The first kappa shape index (κ1) is 10.0. The molecule has 3 heterocycles. The van der Waals surface area contributed by atoms with E-state index in [1.54, 1.807) is 36.1 Å². The molecule has 0 aliphatic heterocycles. The molecule has 0 amide bonds. The SMILES string of the molecule is c1cc(-c2nnc(-c3ccncc3)s2)ccn1. The molecule has 0 spiro atoms. The topological polar surface area (TPSA) is 51.6 Å². The van der Waals surface area contributed by atoms with Gasteiger partial charge in [0.25, 0.3) is 0 Å². The molecule has 0 atom stereocenters. The van der Waals surface area contributed by atoms with Crippen molar-refractivity contribution in [3.8, 4) is 21.1 Å². The maximum Gasteiger partial charge on any atom is 0.148 e. The largest absolute Gasteiger partial charge is 0.265 e. The summed E-state index contributed by atoms with van der Waals surface area (Å²) in [4.78, 5) is 7.97. The highest BCUT2D eigenvalue weighted by molar-refractivity contribution is 7.17. The van der Waals surface area contributed by atoms with Crippen LogP contribution in [0.5, 0.6) is 0 Å². The molecule has 0 N–H and O–H groups in total. The highest BCUT2D eigenvalue weighted by atomic mass is 32.1. The first-order chi connectivity index (χ1) is 8.43. The van der Waals surface area contributed by atoms with Gasteiger partial charge < -0.3 is 0 Å². The maximum absolute atomic E-state index is 4.18. The lowest BCUT2D eigenvalue weighted by atomic mass is 10.3. The predicted octanol–water partition coefficient (Wildman–Crippen LogP) is 2.66. The van der Waals surface area contributed by atoms with E-state index >= 15 is 0 Å². The van der Waals surface area contributed by atoms with Crippen molar-refractivity contribution in [2.45, 2.75) is 0 Å². The van der Waals surface area contributed by atoms with Crippen LogP contribution in [0, 0.1) is 0 Å². The summed E-state index contributed by atoms with van der Waals surface area (Å²) in [6.07, 6.45) is 7.01. The van der Waals surface area contributed by atoms with E-state index < -0.39 is 0 Å². The molecule has 0 fully saturated rings. The van der Waals surface area contributed by atoms with Crippen LogP contribution in [0.2, 0.25) is 0 Å². The Bertz CT molecular complexity index is 553. The lowest BCUT2D eigenvalue weighted by molar-refractivity contribution is 1.10. The van der Waals surface area contributed by atoms with Gasteiger partial charge in [0.1, 0.15) is 10.0 Å². The molecule has 4 nitrogen and oxygen atoms in total. The average molecular weight is 240 g/mol. The van der Waals surface area contributed by atoms with Crippen molar-refractivity contribution in [3.63, 3.8) is 0 Å².